The van der Waals surface area contributed by atoms with Crippen molar-refractivity contribution in [2.45, 2.75) is 44.9 Å². The normalized spacial score (nSPS) is 51.9. The molecule has 0 unspecified atom stereocenters. The molecule has 0 spiro atoms. The fraction of sp³-hybridized carbons (Fsp3) is 0.909. The number of nitrogens with two attached hydrogens (primary N) is 1. The highest BCUT2D eigenvalue weighted by Crippen LogP contribution is 2.61. The molecule has 0 aromatic rings. The zero-order chi connectivity index (χ0) is 10.6. The number of hydrogen-bond donors (Lipinski definition) is 1. The summed E-state index contributed by atoms with van der Waals surface area (Å²) >= 11 is 6.44. The molecule has 3 heteroatoms. The molecule has 0 aromatic carbocycles. The molecule has 2 aliphatic carbocycles. The second-order valence-electron chi connectivity index (χ2n) is 5.51. The van der Waals surface area contributed by atoms with Crippen molar-refractivity contribution >= 4 is 17.5 Å². The maximum atomic E-state index is 11.5. The summed E-state index contributed by atoms with van der Waals surface area (Å²) in [6.07, 6.45) is 4.26. The predicted molar refractivity (Wildman–Crippen MR) is 57.0 cm³/mol. The van der Waals surface area contributed by atoms with Crippen LogP contribution >= 0.6 is 11.6 Å². The molecule has 14 heavy (non-hydrogen) atoms. The van der Waals surface area contributed by atoms with Crippen LogP contribution in [-0.2, 0) is 4.79 Å². The molecule has 2 saturated carbocycles. The molecular weight excluding hydrogens is 198 g/mol. The van der Waals surface area contributed by atoms with Gasteiger partial charge >= 0.3 is 0 Å². The second-order valence-corrected chi connectivity index (χ2v) is 5.98. The van der Waals surface area contributed by atoms with Crippen molar-refractivity contribution in [3.05, 3.63) is 0 Å². The summed E-state index contributed by atoms with van der Waals surface area (Å²) < 4.78 is 0. The summed E-state index contributed by atoms with van der Waals surface area (Å²) in [5.41, 5.74) is 5.28. The monoisotopic (exact) mass is 215 g/mol. The van der Waals surface area contributed by atoms with Crippen LogP contribution in [0, 0.1) is 16.7 Å². The lowest BCUT2D eigenvalue weighted by Crippen LogP contribution is -2.39. The molecule has 2 nitrogen and oxygen atoms in total. The molecule has 2 N–H and O–H groups in total. The van der Waals surface area contributed by atoms with Gasteiger partial charge in [-0.25, -0.2) is 0 Å². The van der Waals surface area contributed by atoms with E-state index < -0.39 is 0 Å². The molecule has 2 aliphatic rings. The predicted octanol–water partition coefficient (Wildman–Crippen LogP) is 2.30. The minimum atomic E-state index is -0.363. The number of amides is 1. The molecule has 0 radical (unpaired) electrons. The summed E-state index contributed by atoms with van der Waals surface area (Å²) in [6.45, 7) is 4.19. The lowest BCUT2D eigenvalue weighted by molar-refractivity contribution is -0.128. The van der Waals surface area contributed by atoms with Crippen LogP contribution in [0.5, 0.6) is 0 Å². The Bertz CT molecular complexity index is 280. The number of rotatable bonds is 1. The molecule has 80 valence electrons. The van der Waals surface area contributed by atoms with Gasteiger partial charge in [-0.15, -0.1) is 11.6 Å². The number of carbonyl (C=O) groups excluding carboxylic acids is 1. The van der Waals surface area contributed by atoms with Crippen LogP contribution in [0.25, 0.3) is 0 Å². The molecule has 4 atom stereocenters. The highest BCUT2D eigenvalue weighted by molar-refractivity contribution is 6.22. The van der Waals surface area contributed by atoms with E-state index in [9.17, 15) is 4.79 Å². The van der Waals surface area contributed by atoms with Crippen molar-refractivity contribution in [3.63, 3.8) is 0 Å². The van der Waals surface area contributed by atoms with Crippen molar-refractivity contribution in [3.8, 4) is 0 Å². The first-order valence-corrected chi connectivity index (χ1v) is 5.78. The molecule has 0 aliphatic heterocycles. The Morgan fingerprint density at radius 2 is 2.14 bits per heavy atom. The van der Waals surface area contributed by atoms with Gasteiger partial charge in [0, 0.05) is 5.38 Å². The Balaban J connectivity index is 2.38. The van der Waals surface area contributed by atoms with Crippen molar-refractivity contribution in [1.29, 1.82) is 0 Å². The second kappa shape index (κ2) is 2.88. The van der Waals surface area contributed by atoms with E-state index in [2.05, 4.69) is 6.92 Å². The van der Waals surface area contributed by atoms with E-state index in [0.29, 0.717) is 5.92 Å². The fourth-order valence-electron chi connectivity index (χ4n) is 3.56. The zero-order valence-corrected chi connectivity index (χ0v) is 9.60. The lowest BCUT2D eigenvalue weighted by Gasteiger charge is -2.34. The summed E-state index contributed by atoms with van der Waals surface area (Å²) in [5.74, 6) is 0.124. The third-order valence-corrected chi connectivity index (χ3v) is 5.27. The first-order chi connectivity index (χ1) is 6.40. The van der Waals surface area contributed by atoms with Crippen molar-refractivity contribution < 1.29 is 4.79 Å². The molecule has 0 aromatic heterocycles. The molecule has 0 heterocycles. The van der Waals surface area contributed by atoms with E-state index >= 15 is 0 Å². The highest BCUT2D eigenvalue weighted by Gasteiger charge is 2.60. The van der Waals surface area contributed by atoms with Gasteiger partial charge in [-0.1, -0.05) is 20.3 Å². The van der Waals surface area contributed by atoms with Crippen LogP contribution in [0.15, 0.2) is 0 Å². The summed E-state index contributed by atoms with van der Waals surface area (Å²) in [6, 6.07) is 0. The molecule has 2 fully saturated rings. The quantitative estimate of drug-likeness (QED) is 0.671. The zero-order valence-electron chi connectivity index (χ0n) is 8.85. The fourth-order valence-corrected chi connectivity index (χ4v) is 4.15. The smallest absolute Gasteiger partial charge is 0.223 e. The van der Waals surface area contributed by atoms with Gasteiger partial charge in [0.1, 0.15) is 0 Å². The standard InChI is InChI=1S/C11H18ClNO/c1-10-5-3-4-7(8(10)12)11(2,6-10)9(13)14/h7-8H,3-6H2,1-2H3,(H2,13,14)/t7-,8+,10-,11+/m0/s1. The van der Waals surface area contributed by atoms with Crippen LogP contribution < -0.4 is 5.73 Å². The Labute approximate surface area is 90.2 Å². The van der Waals surface area contributed by atoms with Crippen LogP contribution in [0.4, 0.5) is 0 Å². The molecule has 1 amide bonds. The minimum absolute atomic E-state index is 0.133. The van der Waals surface area contributed by atoms with Crippen molar-refractivity contribution in [2.75, 3.05) is 0 Å². The van der Waals surface area contributed by atoms with E-state index in [0.717, 1.165) is 19.3 Å². The van der Waals surface area contributed by atoms with Crippen molar-refractivity contribution in [2.24, 2.45) is 22.5 Å². The number of halogens is 1. The van der Waals surface area contributed by atoms with E-state index in [-0.39, 0.29) is 22.1 Å². The van der Waals surface area contributed by atoms with Gasteiger partial charge in [-0.3, -0.25) is 4.79 Å². The van der Waals surface area contributed by atoms with Crippen LogP contribution in [-0.4, -0.2) is 11.3 Å². The molecular formula is C11H18ClNO. The minimum Gasteiger partial charge on any atom is -0.369 e. The first-order valence-electron chi connectivity index (χ1n) is 5.34. The van der Waals surface area contributed by atoms with Gasteiger partial charge in [0.25, 0.3) is 0 Å². The Hall–Kier alpha value is -0.240. The maximum Gasteiger partial charge on any atom is 0.223 e. The number of primary amides is 1. The SMILES string of the molecule is C[C@@]12CCC[C@@H]([C@H]1Cl)[C@](C)(C(N)=O)C2. The highest BCUT2D eigenvalue weighted by atomic mass is 35.5. The average Bonchev–Trinajstić information content (AvgIpc) is 2.23. The lowest BCUT2D eigenvalue weighted by atomic mass is 9.75. The van der Waals surface area contributed by atoms with Crippen LogP contribution in [0.1, 0.15) is 39.5 Å². The van der Waals surface area contributed by atoms with Gasteiger partial charge in [-0.05, 0) is 30.6 Å². The van der Waals surface area contributed by atoms with Gasteiger partial charge in [0.15, 0.2) is 0 Å². The van der Waals surface area contributed by atoms with E-state index in [4.69, 9.17) is 17.3 Å². The third kappa shape index (κ3) is 1.13. The molecule has 2 rings (SSSR count). The van der Waals surface area contributed by atoms with Crippen LogP contribution in [0.3, 0.4) is 0 Å². The van der Waals surface area contributed by atoms with Gasteiger partial charge in [-0.2, -0.15) is 0 Å². The summed E-state index contributed by atoms with van der Waals surface area (Å²) in [4.78, 5) is 11.5. The number of carbonyl (C=O) groups is 1. The van der Waals surface area contributed by atoms with Crippen LogP contribution in [0.2, 0.25) is 0 Å². The number of fused-ring (bicyclic) bond motifs is 2. The number of alkyl halides is 1. The first kappa shape index (κ1) is 10.3. The molecule has 2 bridgehead atoms. The largest absolute Gasteiger partial charge is 0.369 e. The Morgan fingerprint density at radius 1 is 1.50 bits per heavy atom. The van der Waals surface area contributed by atoms with E-state index in [1.54, 1.807) is 0 Å². The van der Waals surface area contributed by atoms with Crippen molar-refractivity contribution in [1.82, 2.24) is 0 Å². The van der Waals surface area contributed by atoms with Gasteiger partial charge < -0.3 is 5.73 Å². The number of hydrogen-bond acceptors (Lipinski definition) is 1. The average molecular weight is 216 g/mol. The summed E-state index contributed by atoms with van der Waals surface area (Å²) in [5, 5.41) is 0.133. The van der Waals surface area contributed by atoms with E-state index in [1.165, 1.54) is 6.42 Å². The van der Waals surface area contributed by atoms with Gasteiger partial charge in [0.2, 0.25) is 5.91 Å². The topological polar surface area (TPSA) is 43.1 Å². The Morgan fingerprint density at radius 3 is 2.64 bits per heavy atom. The maximum absolute atomic E-state index is 11.5. The summed E-state index contributed by atoms with van der Waals surface area (Å²) in [7, 11) is 0. The van der Waals surface area contributed by atoms with Gasteiger partial charge in [0.05, 0.1) is 5.41 Å². The Kier molecular flexibility index (Phi) is 2.11. The third-order valence-electron chi connectivity index (χ3n) is 4.43. The van der Waals surface area contributed by atoms with E-state index in [1.807, 2.05) is 6.92 Å². The molecule has 0 saturated heterocycles.